The smallest absolute Gasteiger partial charge is 0.383 e. The van der Waals surface area contributed by atoms with E-state index in [0.717, 1.165) is 22.2 Å². The normalized spacial score (nSPS) is 11.2. The molecule has 2 heterocycles. The second-order valence-electron chi connectivity index (χ2n) is 5.67. The summed E-state index contributed by atoms with van der Waals surface area (Å²) in [6.07, 6.45) is 0. The zero-order valence-corrected chi connectivity index (χ0v) is 14.3. The summed E-state index contributed by atoms with van der Waals surface area (Å²) in [6.45, 7) is 3.73. The van der Waals surface area contributed by atoms with Gasteiger partial charge in [0, 0.05) is 27.2 Å². The molecule has 0 bridgehead atoms. The van der Waals surface area contributed by atoms with Crippen molar-refractivity contribution in [3.05, 3.63) is 64.7 Å². The molecule has 0 radical (unpaired) electrons. The minimum atomic E-state index is -0.643. The third-order valence-corrected chi connectivity index (χ3v) is 4.16. The summed E-state index contributed by atoms with van der Waals surface area (Å²) in [7, 11) is 0. The molecule has 124 valence electrons. The molecule has 0 aliphatic heterocycles. The zero-order valence-electron chi connectivity index (χ0n) is 13.5. The van der Waals surface area contributed by atoms with Crippen molar-refractivity contribution >= 4 is 34.1 Å². The van der Waals surface area contributed by atoms with Crippen LogP contribution in [-0.2, 0) is 0 Å². The van der Waals surface area contributed by atoms with Crippen LogP contribution in [0.3, 0.4) is 0 Å². The van der Waals surface area contributed by atoms with Crippen molar-refractivity contribution in [1.29, 1.82) is 0 Å². The van der Waals surface area contributed by atoms with E-state index < -0.39 is 5.97 Å². The number of hydrogen-bond acceptors (Lipinski definition) is 5. The maximum absolute atomic E-state index is 12.5. The second kappa shape index (κ2) is 5.82. The fourth-order valence-electron chi connectivity index (χ4n) is 2.72. The van der Waals surface area contributed by atoms with Crippen molar-refractivity contribution in [2.45, 2.75) is 13.8 Å². The molecule has 6 nitrogen and oxygen atoms in total. The lowest BCUT2D eigenvalue weighted by molar-refractivity contribution is 0.0724. The van der Waals surface area contributed by atoms with E-state index in [4.69, 9.17) is 16.3 Å². The van der Waals surface area contributed by atoms with Crippen molar-refractivity contribution in [3.63, 3.8) is 0 Å². The molecule has 7 heteroatoms. The Kier molecular flexibility index (Phi) is 3.62. The predicted octanol–water partition coefficient (Wildman–Crippen LogP) is 3.77. The van der Waals surface area contributed by atoms with Gasteiger partial charge in [-0.25, -0.2) is 14.3 Å². The van der Waals surface area contributed by atoms with Crippen LogP contribution in [0.4, 0.5) is 0 Å². The number of benzene rings is 2. The van der Waals surface area contributed by atoms with Gasteiger partial charge in [0.05, 0.1) is 0 Å². The van der Waals surface area contributed by atoms with Gasteiger partial charge in [-0.05, 0) is 32.0 Å². The van der Waals surface area contributed by atoms with Crippen LogP contribution in [0.5, 0.6) is 5.75 Å². The van der Waals surface area contributed by atoms with Crippen molar-refractivity contribution in [2.75, 3.05) is 0 Å². The summed E-state index contributed by atoms with van der Waals surface area (Å²) in [5.74, 6) is 0.0883. The summed E-state index contributed by atoms with van der Waals surface area (Å²) in [6, 6.07) is 12.7. The molecule has 0 unspecified atom stereocenters. The van der Waals surface area contributed by atoms with Gasteiger partial charge in [-0.1, -0.05) is 35.9 Å². The number of ether oxygens (including phenoxy) is 1. The van der Waals surface area contributed by atoms with E-state index in [1.165, 1.54) is 4.52 Å². The van der Waals surface area contributed by atoms with Gasteiger partial charge in [-0.2, -0.15) is 4.98 Å². The molecule has 0 aliphatic rings. The molecule has 0 fully saturated rings. The van der Waals surface area contributed by atoms with Gasteiger partial charge in [0.1, 0.15) is 5.75 Å². The monoisotopic (exact) mass is 352 g/mol. The summed E-state index contributed by atoms with van der Waals surface area (Å²) < 4.78 is 7.02. The minimum Gasteiger partial charge on any atom is -0.420 e. The first-order chi connectivity index (χ1) is 12.0. The van der Waals surface area contributed by atoms with Crippen molar-refractivity contribution in [3.8, 4) is 5.75 Å². The third-order valence-electron chi connectivity index (χ3n) is 3.83. The summed E-state index contributed by atoms with van der Waals surface area (Å²) in [4.78, 5) is 20.9. The number of hydrogen-bond donors (Lipinski definition) is 0. The van der Waals surface area contributed by atoms with Crippen LogP contribution in [0.1, 0.15) is 22.0 Å². The van der Waals surface area contributed by atoms with Crippen LogP contribution in [0.2, 0.25) is 5.02 Å². The Morgan fingerprint density at radius 3 is 2.64 bits per heavy atom. The van der Waals surface area contributed by atoms with Gasteiger partial charge in [-0.3, -0.25) is 0 Å². The van der Waals surface area contributed by atoms with Crippen molar-refractivity contribution in [2.24, 2.45) is 0 Å². The van der Waals surface area contributed by atoms with Crippen LogP contribution in [0, 0.1) is 13.8 Å². The minimum absolute atomic E-state index is 0.0415. The first-order valence-electron chi connectivity index (χ1n) is 7.63. The van der Waals surface area contributed by atoms with Gasteiger partial charge < -0.3 is 4.74 Å². The summed E-state index contributed by atoms with van der Waals surface area (Å²) in [5.41, 5.74) is 1.65. The number of esters is 1. The van der Waals surface area contributed by atoms with E-state index in [2.05, 4.69) is 15.1 Å². The van der Waals surface area contributed by atoms with E-state index in [1.807, 2.05) is 44.2 Å². The maximum atomic E-state index is 12.5. The summed E-state index contributed by atoms with van der Waals surface area (Å²) in [5, 5.41) is 6.34. The number of halogens is 1. The molecule has 0 amide bonds. The predicted molar refractivity (Wildman–Crippen MR) is 94.2 cm³/mol. The molecule has 0 atom stereocenters. The van der Waals surface area contributed by atoms with Gasteiger partial charge in [0.2, 0.25) is 0 Å². The SMILES string of the molecule is Cc1cc(C)n2nc(C(=O)Oc3ccc(Cl)c4ccccc34)nc2n1. The highest BCUT2D eigenvalue weighted by atomic mass is 35.5. The Hall–Kier alpha value is -2.99. The van der Waals surface area contributed by atoms with Gasteiger partial charge in [0.15, 0.2) is 0 Å². The molecule has 2 aromatic carbocycles. The largest absolute Gasteiger partial charge is 0.420 e. The molecular weight excluding hydrogens is 340 g/mol. The lowest BCUT2D eigenvalue weighted by Crippen LogP contribution is -2.11. The topological polar surface area (TPSA) is 69.4 Å². The molecule has 2 aromatic heterocycles. The van der Waals surface area contributed by atoms with Crippen LogP contribution >= 0.6 is 11.6 Å². The van der Waals surface area contributed by atoms with Crippen LogP contribution in [-0.4, -0.2) is 25.6 Å². The maximum Gasteiger partial charge on any atom is 0.383 e. The molecular formula is C18H13ClN4O2. The van der Waals surface area contributed by atoms with Gasteiger partial charge in [-0.15, -0.1) is 5.10 Å². The Balaban J connectivity index is 1.74. The quantitative estimate of drug-likeness (QED) is 0.406. The highest BCUT2D eigenvalue weighted by molar-refractivity contribution is 6.35. The van der Waals surface area contributed by atoms with Crippen molar-refractivity contribution in [1.82, 2.24) is 19.6 Å². The standard InChI is InChI=1S/C18H13ClN4O2/c1-10-9-11(2)23-18(20-10)21-16(22-23)17(24)25-15-8-7-14(19)12-5-3-4-6-13(12)15/h3-9H,1-2H3. The Labute approximate surface area is 148 Å². The summed E-state index contributed by atoms with van der Waals surface area (Å²) >= 11 is 6.19. The number of carbonyl (C=O) groups excluding carboxylic acids is 1. The third kappa shape index (κ3) is 2.70. The van der Waals surface area contributed by atoms with E-state index in [-0.39, 0.29) is 5.82 Å². The molecule has 0 saturated carbocycles. The Bertz CT molecular complexity index is 1140. The number of carbonyl (C=O) groups is 1. The fraction of sp³-hybridized carbons (Fsp3) is 0.111. The Morgan fingerprint density at radius 1 is 1.08 bits per heavy atom. The first-order valence-corrected chi connectivity index (χ1v) is 8.01. The Morgan fingerprint density at radius 2 is 1.84 bits per heavy atom. The number of rotatable bonds is 2. The molecule has 25 heavy (non-hydrogen) atoms. The van der Waals surface area contributed by atoms with E-state index >= 15 is 0 Å². The molecule has 0 aliphatic carbocycles. The van der Waals surface area contributed by atoms with E-state index in [0.29, 0.717) is 16.5 Å². The number of fused-ring (bicyclic) bond motifs is 2. The molecule has 0 N–H and O–H groups in total. The highest BCUT2D eigenvalue weighted by Gasteiger charge is 2.18. The molecule has 4 aromatic rings. The fourth-order valence-corrected chi connectivity index (χ4v) is 2.95. The molecule has 0 saturated heterocycles. The average Bonchev–Trinajstić information content (AvgIpc) is 3.02. The highest BCUT2D eigenvalue weighted by Crippen LogP contribution is 2.31. The number of aromatic nitrogens is 4. The van der Waals surface area contributed by atoms with Crippen LogP contribution in [0.15, 0.2) is 42.5 Å². The van der Waals surface area contributed by atoms with Gasteiger partial charge in [0.25, 0.3) is 11.6 Å². The van der Waals surface area contributed by atoms with Crippen LogP contribution < -0.4 is 4.74 Å². The van der Waals surface area contributed by atoms with E-state index in [9.17, 15) is 4.79 Å². The average molecular weight is 353 g/mol. The lowest BCUT2D eigenvalue weighted by atomic mass is 10.1. The lowest BCUT2D eigenvalue weighted by Gasteiger charge is -2.07. The zero-order chi connectivity index (χ0) is 17.6. The van der Waals surface area contributed by atoms with Gasteiger partial charge >= 0.3 is 5.97 Å². The number of aryl methyl sites for hydroxylation is 2. The van der Waals surface area contributed by atoms with E-state index in [1.54, 1.807) is 12.1 Å². The molecule has 0 spiro atoms. The first kappa shape index (κ1) is 15.5. The van der Waals surface area contributed by atoms with Crippen molar-refractivity contribution < 1.29 is 9.53 Å². The second-order valence-corrected chi connectivity index (χ2v) is 6.07. The number of nitrogens with zero attached hydrogens (tertiary/aromatic N) is 4. The van der Waals surface area contributed by atoms with Crippen LogP contribution in [0.25, 0.3) is 16.6 Å². The molecule has 4 rings (SSSR count).